The van der Waals surface area contributed by atoms with Crippen molar-refractivity contribution in [3.05, 3.63) is 24.3 Å². The fourth-order valence-electron chi connectivity index (χ4n) is 0.882. The Kier molecular flexibility index (Phi) is 9.22. The Morgan fingerprint density at radius 1 is 1.36 bits per heavy atom. The van der Waals surface area contributed by atoms with Crippen molar-refractivity contribution in [1.29, 1.82) is 0 Å². The third-order valence-electron chi connectivity index (χ3n) is 1.61. The van der Waals surface area contributed by atoms with Gasteiger partial charge in [-0.2, -0.15) is 0 Å². The van der Waals surface area contributed by atoms with E-state index in [4.69, 9.17) is 0 Å². The van der Waals surface area contributed by atoms with Crippen LogP contribution < -0.4 is 10.6 Å². The van der Waals surface area contributed by atoms with Gasteiger partial charge in [0.1, 0.15) is 0 Å². The Morgan fingerprint density at radius 3 is 2.79 bits per heavy atom. The third kappa shape index (κ3) is 9.00. The molecule has 0 saturated carbocycles. The van der Waals surface area contributed by atoms with Crippen LogP contribution in [0.5, 0.6) is 0 Å². The summed E-state index contributed by atoms with van der Waals surface area (Å²) in [6.07, 6.45) is 8.84. The van der Waals surface area contributed by atoms with Gasteiger partial charge in [0.15, 0.2) is 0 Å². The highest BCUT2D eigenvalue weighted by Crippen LogP contribution is 1.82. The van der Waals surface area contributed by atoms with Crippen LogP contribution >= 0.6 is 0 Å². The van der Waals surface area contributed by atoms with Gasteiger partial charge in [0.2, 0.25) is 5.91 Å². The second-order valence-corrected chi connectivity index (χ2v) is 2.87. The maximum absolute atomic E-state index is 11.1. The van der Waals surface area contributed by atoms with Crippen LogP contribution in [0.3, 0.4) is 0 Å². The fraction of sp³-hybridized carbons (Fsp3) is 0.545. The van der Waals surface area contributed by atoms with E-state index >= 15 is 0 Å². The lowest BCUT2D eigenvalue weighted by Gasteiger charge is -2.02. The van der Waals surface area contributed by atoms with Gasteiger partial charge in [-0.05, 0) is 19.9 Å². The lowest BCUT2D eigenvalue weighted by Crippen LogP contribution is -2.34. The minimum absolute atomic E-state index is 0.0614. The number of rotatable bonds is 7. The van der Waals surface area contributed by atoms with Gasteiger partial charge in [-0.1, -0.05) is 31.2 Å². The van der Waals surface area contributed by atoms with Gasteiger partial charge in [0.25, 0.3) is 0 Å². The lowest BCUT2D eigenvalue weighted by molar-refractivity contribution is -0.120. The number of allylic oxidation sites excluding steroid dienone is 3. The van der Waals surface area contributed by atoms with E-state index in [2.05, 4.69) is 10.6 Å². The summed E-state index contributed by atoms with van der Waals surface area (Å²) in [5.74, 6) is 0.0614. The number of hydrogen-bond acceptors (Lipinski definition) is 2. The van der Waals surface area contributed by atoms with Crippen molar-refractivity contribution in [3.63, 3.8) is 0 Å². The molecule has 0 heterocycles. The van der Waals surface area contributed by atoms with Crippen LogP contribution in [0.1, 0.15) is 20.3 Å². The number of carbonyl (C=O) groups is 1. The molecule has 3 nitrogen and oxygen atoms in total. The summed E-state index contributed by atoms with van der Waals surface area (Å²) in [6, 6.07) is 0. The summed E-state index contributed by atoms with van der Waals surface area (Å²) in [4.78, 5) is 11.1. The minimum atomic E-state index is 0.0614. The quantitative estimate of drug-likeness (QED) is 0.475. The molecule has 2 N–H and O–H groups in total. The zero-order chi connectivity index (χ0) is 10.6. The monoisotopic (exact) mass is 196 g/mol. The van der Waals surface area contributed by atoms with Crippen LogP contribution in [0, 0.1) is 0 Å². The summed E-state index contributed by atoms with van der Waals surface area (Å²) >= 11 is 0. The highest BCUT2D eigenvalue weighted by molar-refractivity contribution is 5.77. The molecule has 0 aromatic rings. The molecule has 14 heavy (non-hydrogen) atoms. The molecular formula is C11H20N2O. The van der Waals surface area contributed by atoms with Crippen molar-refractivity contribution in [2.75, 3.05) is 19.6 Å². The number of carbonyl (C=O) groups excluding carboxylic acids is 1. The molecular weight excluding hydrogens is 176 g/mol. The number of amides is 1. The van der Waals surface area contributed by atoms with E-state index in [1.54, 1.807) is 0 Å². The molecule has 0 aromatic heterocycles. The summed E-state index contributed by atoms with van der Waals surface area (Å²) in [5, 5.41) is 5.79. The fourth-order valence-corrected chi connectivity index (χ4v) is 0.882. The second-order valence-electron chi connectivity index (χ2n) is 2.87. The zero-order valence-corrected chi connectivity index (χ0v) is 9.05. The first-order valence-corrected chi connectivity index (χ1v) is 5.06. The van der Waals surface area contributed by atoms with Crippen molar-refractivity contribution in [1.82, 2.24) is 10.6 Å². The second kappa shape index (κ2) is 9.99. The van der Waals surface area contributed by atoms with Crippen molar-refractivity contribution in [3.8, 4) is 0 Å². The molecule has 1 amide bonds. The zero-order valence-electron chi connectivity index (χ0n) is 9.05. The Bertz CT molecular complexity index is 197. The molecule has 0 atom stereocenters. The Labute approximate surface area is 86.3 Å². The van der Waals surface area contributed by atoms with Crippen LogP contribution in [0.25, 0.3) is 0 Å². The van der Waals surface area contributed by atoms with E-state index in [0.29, 0.717) is 13.1 Å². The predicted molar refractivity (Wildman–Crippen MR) is 60.1 cm³/mol. The molecule has 0 radical (unpaired) electrons. The molecule has 0 spiro atoms. The van der Waals surface area contributed by atoms with Crippen molar-refractivity contribution in [2.24, 2.45) is 0 Å². The van der Waals surface area contributed by atoms with E-state index in [0.717, 1.165) is 13.0 Å². The highest BCUT2D eigenvalue weighted by atomic mass is 16.1. The molecule has 0 unspecified atom stereocenters. The molecule has 0 aromatic carbocycles. The van der Waals surface area contributed by atoms with Crippen molar-refractivity contribution < 1.29 is 4.79 Å². The predicted octanol–water partition coefficient (Wildman–Crippen LogP) is 1.23. The Morgan fingerprint density at radius 2 is 2.14 bits per heavy atom. The summed E-state index contributed by atoms with van der Waals surface area (Å²) in [7, 11) is 0. The van der Waals surface area contributed by atoms with Gasteiger partial charge in [0.05, 0.1) is 6.54 Å². The summed E-state index contributed by atoms with van der Waals surface area (Å²) in [6.45, 7) is 5.90. The molecule has 3 heteroatoms. The maximum atomic E-state index is 11.1. The summed E-state index contributed by atoms with van der Waals surface area (Å²) < 4.78 is 0. The highest BCUT2D eigenvalue weighted by Gasteiger charge is 1.95. The SMILES string of the molecule is C/C=C\C=C/CCNC(=O)CNCC. The smallest absolute Gasteiger partial charge is 0.233 e. The molecule has 0 aliphatic rings. The van der Waals surface area contributed by atoms with Crippen LogP contribution in [-0.2, 0) is 4.79 Å². The third-order valence-corrected chi connectivity index (χ3v) is 1.61. The topological polar surface area (TPSA) is 41.1 Å². The average molecular weight is 196 g/mol. The average Bonchev–Trinajstić information content (AvgIpc) is 2.20. The molecule has 0 rings (SSSR count). The minimum Gasteiger partial charge on any atom is -0.355 e. The standard InChI is InChI=1S/C11H20N2O/c1-3-5-6-7-8-9-13-11(14)10-12-4-2/h3,5-7,12H,4,8-10H2,1-2H3,(H,13,14)/b5-3-,7-6-. The van der Waals surface area contributed by atoms with E-state index in [1.807, 2.05) is 38.2 Å². The molecule has 0 aliphatic heterocycles. The first kappa shape index (κ1) is 12.9. The molecule has 0 fully saturated rings. The normalized spacial score (nSPS) is 11.3. The molecule has 80 valence electrons. The maximum Gasteiger partial charge on any atom is 0.233 e. The van der Waals surface area contributed by atoms with E-state index in [1.165, 1.54) is 0 Å². The van der Waals surface area contributed by atoms with Gasteiger partial charge < -0.3 is 10.6 Å². The largest absolute Gasteiger partial charge is 0.355 e. The molecule has 0 aliphatic carbocycles. The van der Waals surface area contributed by atoms with Crippen molar-refractivity contribution in [2.45, 2.75) is 20.3 Å². The van der Waals surface area contributed by atoms with Crippen LogP contribution in [0.2, 0.25) is 0 Å². The summed E-state index contributed by atoms with van der Waals surface area (Å²) in [5.41, 5.74) is 0. The molecule has 0 bridgehead atoms. The van der Waals surface area contributed by atoms with E-state index in [9.17, 15) is 4.79 Å². The molecule has 0 saturated heterocycles. The van der Waals surface area contributed by atoms with Crippen LogP contribution in [-0.4, -0.2) is 25.5 Å². The number of likely N-dealkylation sites (N-methyl/N-ethyl adjacent to an activating group) is 1. The van der Waals surface area contributed by atoms with Gasteiger partial charge in [-0.3, -0.25) is 4.79 Å². The van der Waals surface area contributed by atoms with Crippen LogP contribution in [0.15, 0.2) is 24.3 Å². The van der Waals surface area contributed by atoms with Crippen LogP contribution in [0.4, 0.5) is 0 Å². The van der Waals surface area contributed by atoms with E-state index in [-0.39, 0.29) is 5.91 Å². The van der Waals surface area contributed by atoms with Crippen molar-refractivity contribution >= 4 is 5.91 Å². The van der Waals surface area contributed by atoms with Gasteiger partial charge >= 0.3 is 0 Å². The Balaban J connectivity index is 3.31. The van der Waals surface area contributed by atoms with Gasteiger partial charge in [0, 0.05) is 6.54 Å². The lowest BCUT2D eigenvalue weighted by atomic mass is 10.3. The van der Waals surface area contributed by atoms with Gasteiger partial charge in [-0.15, -0.1) is 0 Å². The Hall–Kier alpha value is -1.09. The first-order valence-electron chi connectivity index (χ1n) is 5.06. The van der Waals surface area contributed by atoms with E-state index < -0.39 is 0 Å². The number of hydrogen-bond donors (Lipinski definition) is 2. The number of nitrogens with one attached hydrogen (secondary N) is 2. The first-order chi connectivity index (χ1) is 6.81. The van der Waals surface area contributed by atoms with Gasteiger partial charge in [-0.25, -0.2) is 0 Å².